The minimum atomic E-state index is 0.665. The highest BCUT2D eigenvalue weighted by Gasteiger charge is 2.22. The zero-order valence-corrected chi connectivity index (χ0v) is 11.8. The van der Waals surface area contributed by atoms with E-state index in [1.54, 1.807) is 0 Å². The molecule has 1 aromatic heterocycles. The summed E-state index contributed by atoms with van der Waals surface area (Å²) in [6, 6.07) is 8.36. The molecule has 0 saturated carbocycles. The molecule has 4 heteroatoms. The highest BCUT2D eigenvalue weighted by atomic mass is 35.5. The van der Waals surface area contributed by atoms with E-state index in [2.05, 4.69) is 23.1 Å². The van der Waals surface area contributed by atoms with Crippen LogP contribution in [0.1, 0.15) is 11.3 Å². The summed E-state index contributed by atoms with van der Waals surface area (Å²) in [4.78, 5) is 3.75. The van der Waals surface area contributed by atoms with Gasteiger partial charge in [-0.25, -0.2) is 0 Å². The van der Waals surface area contributed by atoms with E-state index in [9.17, 15) is 0 Å². The Kier molecular flexibility index (Phi) is 3.57. The van der Waals surface area contributed by atoms with Crippen LogP contribution < -0.4 is 5.73 Å². The van der Waals surface area contributed by atoms with Gasteiger partial charge >= 0.3 is 0 Å². The van der Waals surface area contributed by atoms with Crippen LogP contribution >= 0.6 is 22.9 Å². The van der Waals surface area contributed by atoms with Gasteiger partial charge in [-0.15, -0.1) is 11.3 Å². The summed E-state index contributed by atoms with van der Waals surface area (Å²) >= 11 is 8.28. The maximum atomic E-state index is 6.46. The number of hydrogen-bond acceptors (Lipinski definition) is 3. The van der Waals surface area contributed by atoms with Crippen molar-refractivity contribution >= 4 is 33.0 Å². The Morgan fingerprint density at radius 1 is 1.39 bits per heavy atom. The van der Waals surface area contributed by atoms with Crippen molar-refractivity contribution in [2.45, 2.75) is 13.0 Å². The summed E-state index contributed by atoms with van der Waals surface area (Å²) in [6.45, 7) is 4.03. The fourth-order valence-corrected chi connectivity index (χ4v) is 4.15. The van der Waals surface area contributed by atoms with E-state index < -0.39 is 0 Å². The molecule has 2 aromatic rings. The van der Waals surface area contributed by atoms with Crippen molar-refractivity contribution < 1.29 is 0 Å². The van der Waals surface area contributed by atoms with Crippen molar-refractivity contribution in [3.8, 4) is 0 Å². The molecule has 2 heterocycles. The Labute approximate surface area is 116 Å². The third kappa shape index (κ3) is 2.28. The van der Waals surface area contributed by atoms with Crippen LogP contribution in [0.2, 0.25) is 5.02 Å². The van der Waals surface area contributed by atoms with E-state index in [1.165, 1.54) is 21.4 Å². The van der Waals surface area contributed by atoms with Gasteiger partial charge in [0, 0.05) is 28.1 Å². The largest absolute Gasteiger partial charge is 0.330 e. The van der Waals surface area contributed by atoms with Crippen molar-refractivity contribution in [2.24, 2.45) is 11.7 Å². The Hall–Kier alpha value is -0.610. The van der Waals surface area contributed by atoms with Crippen LogP contribution in [0.5, 0.6) is 0 Å². The smallest absolute Gasteiger partial charge is 0.0637 e. The number of fused-ring (bicyclic) bond motifs is 1. The highest BCUT2D eigenvalue weighted by Crippen LogP contribution is 2.36. The average molecular weight is 281 g/mol. The topological polar surface area (TPSA) is 29.3 Å². The van der Waals surface area contributed by atoms with Gasteiger partial charge in [0.15, 0.2) is 0 Å². The summed E-state index contributed by atoms with van der Waals surface area (Å²) in [5, 5.41) is 2.13. The molecule has 1 fully saturated rings. The van der Waals surface area contributed by atoms with E-state index in [0.29, 0.717) is 5.92 Å². The quantitative estimate of drug-likeness (QED) is 0.934. The monoisotopic (exact) mass is 280 g/mol. The van der Waals surface area contributed by atoms with Gasteiger partial charge in [0.25, 0.3) is 0 Å². The van der Waals surface area contributed by atoms with Gasteiger partial charge in [0.1, 0.15) is 0 Å². The molecule has 2 N–H and O–H groups in total. The Bertz CT molecular complexity index is 552. The van der Waals surface area contributed by atoms with Crippen molar-refractivity contribution in [1.82, 2.24) is 4.90 Å². The number of benzene rings is 1. The number of likely N-dealkylation sites (tertiary alicyclic amines) is 1. The molecular weight excluding hydrogens is 264 g/mol. The van der Waals surface area contributed by atoms with Crippen LogP contribution in [0.15, 0.2) is 24.3 Å². The molecule has 1 atom stereocenters. The first kappa shape index (κ1) is 12.4. The molecule has 18 heavy (non-hydrogen) atoms. The summed E-state index contributed by atoms with van der Waals surface area (Å²) in [6.07, 6.45) is 1.22. The van der Waals surface area contributed by atoms with Gasteiger partial charge in [-0.05, 0) is 31.5 Å². The van der Waals surface area contributed by atoms with E-state index in [4.69, 9.17) is 17.3 Å². The SMILES string of the molecule is NCC1CCN(Cc2sc3ccccc3c2Cl)C1. The molecule has 0 radical (unpaired) electrons. The number of thiophene rings is 1. The minimum Gasteiger partial charge on any atom is -0.330 e. The minimum absolute atomic E-state index is 0.665. The highest BCUT2D eigenvalue weighted by molar-refractivity contribution is 7.19. The summed E-state index contributed by atoms with van der Waals surface area (Å²) in [5.41, 5.74) is 5.73. The fourth-order valence-electron chi connectivity index (χ4n) is 2.62. The lowest BCUT2D eigenvalue weighted by atomic mass is 10.1. The zero-order valence-electron chi connectivity index (χ0n) is 10.2. The van der Waals surface area contributed by atoms with Gasteiger partial charge in [-0.2, -0.15) is 0 Å². The molecule has 96 valence electrons. The Morgan fingerprint density at radius 3 is 2.94 bits per heavy atom. The van der Waals surface area contributed by atoms with Crippen LogP contribution in [-0.4, -0.2) is 24.5 Å². The lowest BCUT2D eigenvalue weighted by Crippen LogP contribution is -2.22. The molecule has 3 rings (SSSR count). The van der Waals surface area contributed by atoms with Crippen LogP contribution in [0, 0.1) is 5.92 Å². The second-order valence-corrected chi connectivity index (χ2v) is 6.48. The van der Waals surface area contributed by atoms with Crippen LogP contribution in [0.25, 0.3) is 10.1 Å². The lowest BCUT2D eigenvalue weighted by molar-refractivity contribution is 0.321. The molecule has 0 aliphatic carbocycles. The Balaban J connectivity index is 1.81. The second-order valence-electron chi connectivity index (χ2n) is 4.96. The third-order valence-corrected chi connectivity index (χ3v) is 5.37. The molecular formula is C14H17ClN2S. The van der Waals surface area contributed by atoms with E-state index >= 15 is 0 Å². The molecule has 0 bridgehead atoms. The van der Waals surface area contributed by atoms with Crippen LogP contribution in [0.4, 0.5) is 0 Å². The maximum absolute atomic E-state index is 6.46. The van der Waals surface area contributed by atoms with Gasteiger partial charge in [0.05, 0.1) is 5.02 Å². The normalized spacial score (nSPS) is 20.9. The number of halogens is 1. The first-order valence-corrected chi connectivity index (χ1v) is 7.55. The first-order chi connectivity index (χ1) is 8.78. The molecule has 1 aromatic carbocycles. The maximum Gasteiger partial charge on any atom is 0.0637 e. The molecule has 1 aliphatic rings. The number of nitrogens with zero attached hydrogens (tertiary/aromatic N) is 1. The second kappa shape index (κ2) is 5.17. The van der Waals surface area contributed by atoms with Crippen molar-refractivity contribution in [3.05, 3.63) is 34.2 Å². The van der Waals surface area contributed by atoms with Gasteiger partial charge in [-0.3, -0.25) is 4.90 Å². The molecule has 1 aliphatic heterocycles. The van der Waals surface area contributed by atoms with E-state index in [1.807, 2.05) is 17.4 Å². The van der Waals surface area contributed by atoms with Crippen molar-refractivity contribution in [3.63, 3.8) is 0 Å². The predicted octanol–water partition coefficient (Wildman–Crippen LogP) is 3.34. The number of rotatable bonds is 3. The molecule has 0 amide bonds. The van der Waals surface area contributed by atoms with E-state index in [-0.39, 0.29) is 0 Å². The van der Waals surface area contributed by atoms with Crippen molar-refractivity contribution in [1.29, 1.82) is 0 Å². The summed E-state index contributed by atoms with van der Waals surface area (Å²) in [7, 11) is 0. The van der Waals surface area contributed by atoms with Gasteiger partial charge in [-0.1, -0.05) is 29.8 Å². The average Bonchev–Trinajstić information content (AvgIpc) is 2.97. The Morgan fingerprint density at radius 2 is 2.22 bits per heavy atom. The summed E-state index contributed by atoms with van der Waals surface area (Å²) in [5.74, 6) is 0.665. The first-order valence-electron chi connectivity index (χ1n) is 6.36. The molecule has 1 saturated heterocycles. The number of nitrogens with two attached hydrogens (primary N) is 1. The summed E-state index contributed by atoms with van der Waals surface area (Å²) < 4.78 is 1.28. The third-order valence-electron chi connectivity index (χ3n) is 3.67. The fraction of sp³-hybridized carbons (Fsp3) is 0.429. The van der Waals surface area contributed by atoms with Gasteiger partial charge < -0.3 is 5.73 Å². The number of hydrogen-bond donors (Lipinski definition) is 1. The van der Waals surface area contributed by atoms with E-state index in [0.717, 1.165) is 31.2 Å². The van der Waals surface area contributed by atoms with Crippen molar-refractivity contribution in [2.75, 3.05) is 19.6 Å². The molecule has 1 unspecified atom stereocenters. The predicted molar refractivity (Wildman–Crippen MR) is 79.3 cm³/mol. The van der Waals surface area contributed by atoms with Crippen LogP contribution in [-0.2, 0) is 6.54 Å². The lowest BCUT2D eigenvalue weighted by Gasteiger charge is -2.14. The van der Waals surface area contributed by atoms with Gasteiger partial charge in [0.2, 0.25) is 0 Å². The molecule has 0 spiro atoms. The zero-order chi connectivity index (χ0) is 12.5. The van der Waals surface area contributed by atoms with Crippen LogP contribution in [0.3, 0.4) is 0 Å². The standard InChI is InChI=1S/C14H17ClN2S/c15-14-11-3-1-2-4-12(11)18-13(14)9-17-6-5-10(7-16)8-17/h1-4,10H,5-9,16H2. The molecule has 2 nitrogen and oxygen atoms in total.